The number of nitrogens with zero attached hydrogens (tertiary/aromatic N) is 2. The number of carbonyl (C=O) groups excluding carboxylic acids is 1. The molecule has 0 aliphatic carbocycles. The van der Waals surface area contributed by atoms with E-state index < -0.39 is 0 Å². The summed E-state index contributed by atoms with van der Waals surface area (Å²) in [6.07, 6.45) is 2.75. The van der Waals surface area contributed by atoms with E-state index in [0.29, 0.717) is 11.4 Å². The van der Waals surface area contributed by atoms with Gasteiger partial charge in [-0.2, -0.15) is 9.97 Å². The van der Waals surface area contributed by atoms with Gasteiger partial charge in [-0.25, -0.2) is 4.79 Å². The molecule has 1 aromatic heterocycles. The third kappa shape index (κ3) is 3.24. The number of esters is 1. The Balaban J connectivity index is 1.58. The second-order valence-electron chi connectivity index (χ2n) is 5.83. The van der Waals surface area contributed by atoms with Gasteiger partial charge in [-0.3, -0.25) is 0 Å². The first-order valence-electron chi connectivity index (χ1n) is 7.86. The van der Waals surface area contributed by atoms with Crippen LogP contribution < -0.4 is 11.1 Å². The van der Waals surface area contributed by atoms with Gasteiger partial charge in [0.25, 0.3) is 0 Å². The Bertz CT molecular complexity index is 746. The fraction of sp³-hybridized carbons (Fsp3) is 0.353. The third-order valence-electron chi connectivity index (χ3n) is 4.26. The number of anilines is 2. The number of hydrogen-bond acceptors (Lipinski definition) is 7. The summed E-state index contributed by atoms with van der Waals surface area (Å²) in [6.45, 7) is 0.725. The lowest BCUT2D eigenvalue weighted by atomic mass is 9.95. The first-order valence-corrected chi connectivity index (χ1v) is 7.86. The number of aryl methyl sites for hydroxylation is 1. The van der Waals surface area contributed by atoms with Gasteiger partial charge in [-0.05, 0) is 37.0 Å². The molecule has 0 saturated heterocycles. The van der Waals surface area contributed by atoms with Crippen LogP contribution in [-0.2, 0) is 11.2 Å². The van der Waals surface area contributed by atoms with Gasteiger partial charge in [0.1, 0.15) is 5.82 Å². The van der Waals surface area contributed by atoms with Gasteiger partial charge in [-0.1, -0.05) is 12.1 Å². The van der Waals surface area contributed by atoms with Crippen molar-refractivity contribution in [3.05, 3.63) is 41.0 Å². The molecule has 3 rings (SSSR count). The molecule has 2 aromatic rings. The van der Waals surface area contributed by atoms with E-state index in [9.17, 15) is 9.90 Å². The second-order valence-corrected chi connectivity index (χ2v) is 5.83. The maximum absolute atomic E-state index is 11.4. The minimum atomic E-state index is -0.329. The summed E-state index contributed by atoms with van der Waals surface area (Å²) in [4.78, 5) is 19.4. The summed E-state index contributed by atoms with van der Waals surface area (Å²) in [6, 6.07) is 7.43. The van der Waals surface area contributed by atoms with Crippen molar-refractivity contribution in [1.29, 1.82) is 0 Å². The molecule has 4 N–H and O–H groups in total. The molecule has 1 aromatic carbocycles. The van der Waals surface area contributed by atoms with Crippen molar-refractivity contribution in [3.8, 4) is 5.88 Å². The Morgan fingerprint density at radius 3 is 2.83 bits per heavy atom. The van der Waals surface area contributed by atoms with Crippen molar-refractivity contribution in [3.63, 3.8) is 0 Å². The van der Waals surface area contributed by atoms with E-state index in [0.717, 1.165) is 36.9 Å². The number of methoxy groups -OCH3 is 1. The average molecular weight is 328 g/mol. The molecule has 24 heavy (non-hydrogen) atoms. The van der Waals surface area contributed by atoms with Gasteiger partial charge in [-0.15, -0.1) is 0 Å². The van der Waals surface area contributed by atoms with Crippen LogP contribution >= 0.6 is 0 Å². The molecule has 1 unspecified atom stereocenters. The number of carbonyl (C=O) groups is 1. The summed E-state index contributed by atoms with van der Waals surface area (Å²) in [5.74, 6) is 0.521. The largest absolute Gasteiger partial charge is 0.493 e. The molecule has 0 spiro atoms. The van der Waals surface area contributed by atoms with Crippen LogP contribution in [0.15, 0.2) is 24.3 Å². The van der Waals surface area contributed by atoms with E-state index in [1.807, 2.05) is 12.1 Å². The number of nitrogen functional groups attached to an aromatic ring is 1. The molecule has 1 aliphatic rings. The first-order chi connectivity index (χ1) is 11.6. The maximum atomic E-state index is 11.4. The van der Waals surface area contributed by atoms with E-state index in [1.54, 1.807) is 12.1 Å². The number of ether oxygens (including phenoxy) is 1. The number of benzene rings is 1. The number of rotatable bonds is 5. The molecule has 0 saturated carbocycles. The molecule has 7 heteroatoms. The zero-order valence-corrected chi connectivity index (χ0v) is 13.5. The number of aromatic hydroxyl groups is 1. The first kappa shape index (κ1) is 16.0. The van der Waals surface area contributed by atoms with Crippen LogP contribution in [-0.4, -0.2) is 34.7 Å². The lowest BCUT2D eigenvalue weighted by molar-refractivity contribution is 0.0600. The van der Waals surface area contributed by atoms with Crippen molar-refractivity contribution in [2.45, 2.75) is 25.2 Å². The van der Waals surface area contributed by atoms with Gasteiger partial charge < -0.3 is 20.9 Å². The Labute approximate surface area is 139 Å². The fourth-order valence-electron chi connectivity index (χ4n) is 3.03. The molecule has 0 amide bonds. The van der Waals surface area contributed by atoms with E-state index in [4.69, 9.17) is 5.73 Å². The van der Waals surface area contributed by atoms with Gasteiger partial charge in [0, 0.05) is 12.5 Å². The molecule has 1 atom stereocenters. The number of nitrogens with two attached hydrogens (primary N) is 1. The number of aromatic nitrogens is 2. The van der Waals surface area contributed by atoms with Crippen LogP contribution in [0.2, 0.25) is 0 Å². The topological polar surface area (TPSA) is 110 Å². The van der Waals surface area contributed by atoms with Gasteiger partial charge in [0.2, 0.25) is 11.8 Å². The Kier molecular flexibility index (Phi) is 4.50. The minimum Gasteiger partial charge on any atom is -0.493 e. The summed E-state index contributed by atoms with van der Waals surface area (Å²) in [5, 5.41) is 13.2. The predicted octanol–water partition coefficient (Wildman–Crippen LogP) is 2.08. The highest BCUT2D eigenvalue weighted by Gasteiger charge is 2.27. The smallest absolute Gasteiger partial charge is 0.337 e. The minimum absolute atomic E-state index is 0.0325. The summed E-state index contributed by atoms with van der Waals surface area (Å²) in [7, 11) is 1.37. The highest BCUT2D eigenvalue weighted by atomic mass is 16.5. The van der Waals surface area contributed by atoms with Gasteiger partial charge >= 0.3 is 5.97 Å². The predicted molar refractivity (Wildman–Crippen MR) is 90.1 cm³/mol. The average Bonchev–Trinajstić information content (AvgIpc) is 2.98. The van der Waals surface area contributed by atoms with Crippen molar-refractivity contribution >= 4 is 17.7 Å². The molecular weight excluding hydrogens is 308 g/mol. The molecule has 0 bridgehead atoms. The zero-order valence-electron chi connectivity index (χ0n) is 13.5. The SMILES string of the molecule is COC(=O)c1ccc(CCCC2CNc3nc(N)nc(O)c32)cc1. The standard InChI is InChI=1S/C17H20N4O3/c1-24-16(23)11-7-5-10(6-8-11)3-2-4-12-9-19-14-13(12)15(22)21-17(18)20-14/h5-8,12H,2-4,9H2,1H3,(H4,18,19,20,21,22). The van der Waals surface area contributed by atoms with Crippen LogP contribution in [0.1, 0.15) is 40.2 Å². The van der Waals surface area contributed by atoms with Crippen molar-refractivity contribution in [2.75, 3.05) is 24.7 Å². The molecule has 1 aliphatic heterocycles. The normalized spacial score (nSPS) is 15.6. The monoisotopic (exact) mass is 328 g/mol. The zero-order chi connectivity index (χ0) is 17.1. The van der Waals surface area contributed by atoms with Crippen LogP contribution in [0.4, 0.5) is 11.8 Å². The fourth-order valence-corrected chi connectivity index (χ4v) is 3.03. The van der Waals surface area contributed by atoms with E-state index in [2.05, 4.69) is 20.0 Å². The van der Waals surface area contributed by atoms with E-state index in [1.165, 1.54) is 7.11 Å². The van der Waals surface area contributed by atoms with E-state index >= 15 is 0 Å². The number of hydrogen-bond donors (Lipinski definition) is 3. The van der Waals surface area contributed by atoms with Crippen LogP contribution in [0.5, 0.6) is 5.88 Å². The highest BCUT2D eigenvalue weighted by Crippen LogP contribution is 2.38. The molecule has 0 radical (unpaired) electrons. The van der Waals surface area contributed by atoms with Gasteiger partial charge in [0.05, 0.1) is 18.2 Å². The highest BCUT2D eigenvalue weighted by molar-refractivity contribution is 5.89. The molecule has 2 heterocycles. The van der Waals surface area contributed by atoms with Crippen molar-refractivity contribution in [2.24, 2.45) is 0 Å². The van der Waals surface area contributed by atoms with Crippen molar-refractivity contribution in [1.82, 2.24) is 9.97 Å². The lowest BCUT2D eigenvalue weighted by Crippen LogP contribution is -2.03. The third-order valence-corrected chi connectivity index (χ3v) is 4.26. The summed E-state index contributed by atoms with van der Waals surface area (Å²) >= 11 is 0. The number of fused-ring (bicyclic) bond motifs is 1. The Morgan fingerprint density at radius 2 is 2.12 bits per heavy atom. The lowest BCUT2D eigenvalue weighted by Gasteiger charge is -2.11. The Hall–Kier alpha value is -2.83. The molecule has 0 fully saturated rings. The quantitative estimate of drug-likeness (QED) is 0.721. The maximum Gasteiger partial charge on any atom is 0.337 e. The summed E-state index contributed by atoms with van der Waals surface area (Å²) in [5.41, 5.74) is 8.01. The molecular formula is C17H20N4O3. The second kappa shape index (κ2) is 6.74. The number of nitrogens with one attached hydrogen (secondary N) is 1. The van der Waals surface area contributed by atoms with Crippen LogP contribution in [0.25, 0.3) is 0 Å². The Morgan fingerprint density at radius 1 is 1.38 bits per heavy atom. The van der Waals surface area contributed by atoms with Crippen LogP contribution in [0.3, 0.4) is 0 Å². The van der Waals surface area contributed by atoms with Crippen LogP contribution in [0, 0.1) is 0 Å². The van der Waals surface area contributed by atoms with Gasteiger partial charge in [0.15, 0.2) is 0 Å². The van der Waals surface area contributed by atoms with E-state index in [-0.39, 0.29) is 23.7 Å². The van der Waals surface area contributed by atoms with Crippen molar-refractivity contribution < 1.29 is 14.6 Å². The summed E-state index contributed by atoms with van der Waals surface area (Å²) < 4.78 is 4.69. The molecule has 126 valence electrons. The molecule has 7 nitrogen and oxygen atoms in total.